The van der Waals surface area contributed by atoms with Crippen LogP contribution < -0.4 is 16.0 Å². The molecule has 0 spiro atoms. The van der Waals surface area contributed by atoms with Gasteiger partial charge in [-0.2, -0.15) is 4.99 Å². The minimum absolute atomic E-state index is 0.199. The summed E-state index contributed by atoms with van der Waals surface area (Å²) in [5.41, 5.74) is 8.88. The van der Waals surface area contributed by atoms with E-state index in [2.05, 4.69) is 20.2 Å². The summed E-state index contributed by atoms with van der Waals surface area (Å²) in [6, 6.07) is 14.3. The van der Waals surface area contributed by atoms with E-state index in [1.807, 2.05) is 36.1 Å². The van der Waals surface area contributed by atoms with Crippen molar-refractivity contribution in [2.45, 2.75) is 13.2 Å². The molecule has 0 aromatic heterocycles. The predicted octanol–water partition coefficient (Wildman–Crippen LogP) is 2.35. The fourth-order valence-corrected chi connectivity index (χ4v) is 3.22. The van der Waals surface area contributed by atoms with Crippen molar-refractivity contribution in [3.05, 3.63) is 59.9 Å². The first kappa shape index (κ1) is 18.2. The van der Waals surface area contributed by atoms with Crippen molar-refractivity contribution in [1.29, 1.82) is 0 Å². The molecule has 1 atom stereocenters. The zero-order valence-electron chi connectivity index (χ0n) is 15.7. The minimum Gasteiger partial charge on any atom is -0.378 e. The largest absolute Gasteiger partial charge is 0.378 e. The first-order valence-corrected chi connectivity index (χ1v) is 9.23. The molecule has 7 nitrogen and oxygen atoms in total. The van der Waals surface area contributed by atoms with E-state index in [0.717, 1.165) is 36.0 Å². The molecule has 3 N–H and O–H groups in total. The Morgan fingerprint density at radius 1 is 1.07 bits per heavy atom. The standard InChI is InChI=1S/C20H23FN6O/c1-14-2-8-17(9-3-14)27-19(23-16-6-4-15(21)5-7-16)24-18(22)25-20(27)26-10-12-28-13-11-26/h2-9,19,23H,10-13H2,1H3,(H2,22,24). The summed E-state index contributed by atoms with van der Waals surface area (Å²) in [6.45, 7) is 4.75. The number of nitrogens with one attached hydrogen (secondary N) is 1. The van der Waals surface area contributed by atoms with E-state index < -0.39 is 6.29 Å². The lowest BCUT2D eigenvalue weighted by atomic mass is 10.2. The fraction of sp³-hybridized carbons (Fsp3) is 0.300. The van der Waals surface area contributed by atoms with Crippen LogP contribution in [0.1, 0.15) is 5.56 Å². The number of morpholine rings is 1. The van der Waals surface area contributed by atoms with Gasteiger partial charge in [0.25, 0.3) is 0 Å². The van der Waals surface area contributed by atoms with Gasteiger partial charge >= 0.3 is 0 Å². The second-order valence-corrected chi connectivity index (χ2v) is 6.73. The molecule has 1 saturated heterocycles. The van der Waals surface area contributed by atoms with Crippen molar-refractivity contribution in [2.24, 2.45) is 15.7 Å². The van der Waals surface area contributed by atoms with Crippen LogP contribution >= 0.6 is 0 Å². The third kappa shape index (κ3) is 3.91. The van der Waals surface area contributed by atoms with Gasteiger partial charge in [-0.15, -0.1) is 0 Å². The molecule has 2 aliphatic heterocycles. The molecule has 0 saturated carbocycles. The topological polar surface area (TPSA) is 78.5 Å². The number of rotatable bonds is 3. The maximum atomic E-state index is 13.3. The predicted molar refractivity (Wildman–Crippen MR) is 109 cm³/mol. The molecule has 0 radical (unpaired) electrons. The first-order chi connectivity index (χ1) is 13.6. The lowest BCUT2D eigenvalue weighted by molar-refractivity contribution is 0.0671. The van der Waals surface area contributed by atoms with Crippen LogP contribution in [0.25, 0.3) is 0 Å². The van der Waals surface area contributed by atoms with Gasteiger partial charge in [0.2, 0.25) is 18.2 Å². The summed E-state index contributed by atoms with van der Waals surface area (Å²) >= 11 is 0. The molecule has 2 aliphatic rings. The lowest BCUT2D eigenvalue weighted by Crippen LogP contribution is -2.57. The van der Waals surface area contributed by atoms with E-state index in [9.17, 15) is 4.39 Å². The number of nitrogens with two attached hydrogens (primary N) is 1. The Hall–Kier alpha value is -3.13. The van der Waals surface area contributed by atoms with Crippen LogP contribution in [0, 0.1) is 12.7 Å². The molecule has 2 aromatic carbocycles. The van der Waals surface area contributed by atoms with E-state index in [0.29, 0.717) is 13.2 Å². The van der Waals surface area contributed by atoms with E-state index in [4.69, 9.17) is 10.5 Å². The summed E-state index contributed by atoms with van der Waals surface area (Å²) in [5.74, 6) is 0.631. The number of ether oxygens (including phenoxy) is 1. The monoisotopic (exact) mass is 382 g/mol. The van der Waals surface area contributed by atoms with Crippen LogP contribution in [0.4, 0.5) is 15.8 Å². The lowest BCUT2D eigenvalue weighted by Gasteiger charge is -2.41. The Balaban J connectivity index is 1.70. The number of guanidine groups is 2. The smallest absolute Gasteiger partial charge is 0.222 e. The number of halogens is 1. The van der Waals surface area contributed by atoms with Gasteiger partial charge in [0, 0.05) is 24.5 Å². The van der Waals surface area contributed by atoms with Gasteiger partial charge in [-0.3, -0.25) is 4.90 Å². The number of aliphatic imine (C=N–C) groups is 2. The second-order valence-electron chi connectivity index (χ2n) is 6.73. The zero-order chi connectivity index (χ0) is 19.5. The van der Waals surface area contributed by atoms with Gasteiger partial charge in [0.15, 0.2) is 0 Å². The summed E-state index contributed by atoms with van der Waals surface area (Å²) < 4.78 is 18.8. The molecule has 2 heterocycles. The second kappa shape index (κ2) is 7.85. The molecule has 146 valence electrons. The summed E-state index contributed by atoms with van der Waals surface area (Å²) in [4.78, 5) is 13.2. The van der Waals surface area contributed by atoms with Crippen LogP contribution in [0.2, 0.25) is 0 Å². The number of hydrogen-bond acceptors (Lipinski definition) is 7. The Kier molecular flexibility index (Phi) is 5.12. The maximum absolute atomic E-state index is 13.3. The number of hydrogen-bond donors (Lipinski definition) is 2. The van der Waals surface area contributed by atoms with Gasteiger partial charge in [-0.25, -0.2) is 9.38 Å². The molecule has 0 bridgehead atoms. The average molecular weight is 382 g/mol. The molecular formula is C20H23FN6O. The average Bonchev–Trinajstić information content (AvgIpc) is 2.71. The fourth-order valence-electron chi connectivity index (χ4n) is 3.22. The molecule has 8 heteroatoms. The van der Waals surface area contributed by atoms with Crippen LogP contribution in [-0.2, 0) is 4.74 Å². The van der Waals surface area contributed by atoms with Crippen molar-refractivity contribution in [1.82, 2.24) is 4.90 Å². The zero-order valence-corrected chi connectivity index (χ0v) is 15.7. The van der Waals surface area contributed by atoms with Crippen LogP contribution in [0.15, 0.2) is 58.5 Å². The van der Waals surface area contributed by atoms with Crippen LogP contribution in [0.5, 0.6) is 0 Å². The number of anilines is 2. The van der Waals surface area contributed by atoms with Gasteiger partial charge in [-0.1, -0.05) is 17.7 Å². The first-order valence-electron chi connectivity index (χ1n) is 9.23. The minimum atomic E-state index is -0.511. The number of nitrogens with zero attached hydrogens (tertiary/aromatic N) is 4. The van der Waals surface area contributed by atoms with Crippen LogP contribution in [-0.4, -0.2) is 49.4 Å². The quantitative estimate of drug-likeness (QED) is 0.852. The third-order valence-corrected chi connectivity index (χ3v) is 4.68. The maximum Gasteiger partial charge on any atom is 0.222 e. The van der Waals surface area contributed by atoms with Crippen molar-refractivity contribution in [3.63, 3.8) is 0 Å². The Morgan fingerprint density at radius 2 is 1.75 bits per heavy atom. The van der Waals surface area contributed by atoms with E-state index in [-0.39, 0.29) is 11.8 Å². The molecule has 0 aliphatic carbocycles. The van der Waals surface area contributed by atoms with Gasteiger partial charge in [-0.05, 0) is 43.3 Å². The van der Waals surface area contributed by atoms with Crippen molar-refractivity contribution < 1.29 is 9.13 Å². The SMILES string of the molecule is Cc1ccc(N2C(N3CCOCC3)=NC(N)=NC2Nc2ccc(F)cc2)cc1. The highest BCUT2D eigenvalue weighted by atomic mass is 19.1. The highest BCUT2D eigenvalue weighted by Crippen LogP contribution is 2.25. The molecule has 28 heavy (non-hydrogen) atoms. The third-order valence-electron chi connectivity index (χ3n) is 4.68. The van der Waals surface area contributed by atoms with E-state index in [1.54, 1.807) is 12.1 Å². The summed E-state index contributed by atoms with van der Waals surface area (Å²) in [7, 11) is 0. The molecule has 1 fully saturated rings. The highest BCUT2D eigenvalue weighted by molar-refractivity contribution is 6.06. The van der Waals surface area contributed by atoms with Gasteiger partial charge < -0.3 is 20.7 Å². The Labute approximate surface area is 163 Å². The molecule has 1 unspecified atom stereocenters. The van der Waals surface area contributed by atoms with E-state index >= 15 is 0 Å². The molecule has 2 aromatic rings. The van der Waals surface area contributed by atoms with Crippen molar-refractivity contribution in [2.75, 3.05) is 36.5 Å². The van der Waals surface area contributed by atoms with Crippen molar-refractivity contribution in [3.8, 4) is 0 Å². The number of aryl methyl sites for hydroxylation is 1. The number of benzene rings is 2. The summed E-state index contributed by atoms with van der Waals surface area (Å²) in [6.07, 6.45) is -0.511. The molecular weight excluding hydrogens is 359 g/mol. The van der Waals surface area contributed by atoms with E-state index in [1.165, 1.54) is 12.1 Å². The Bertz CT molecular complexity index is 875. The summed E-state index contributed by atoms with van der Waals surface area (Å²) in [5, 5.41) is 3.32. The molecule has 4 rings (SSSR count). The Morgan fingerprint density at radius 3 is 2.43 bits per heavy atom. The van der Waals surface area contributed by atoms with Crippen LogP contribution in [0.3, 0.4) is 0 Å². The van der Waals surface area contributed by atoms with Crippen molar-refractivity contribution >= 4 is 23.3 Å². The normalized spacial score (nSPS) is 19.9. The van der Waals surface area contributed by atoms with Gasteiger partial charge in [0.1, 0.15) is 5.82 Å². The molecule has 0 amide bonds. The van der Waals surface area contributed by atoms with Gasteiger partial charge in [0.05, 0.1) is 13.2 Å². The highest BCUT2D eigenvalue weighted by Gasteiger charge is 2.32.